The lowest BCUT2D eigenvalue weighted by molar-refractivity contribution is -0.908. The Labute approximate surface area is 137 Å². The number of quaternary nitrogens is 1. The minimum atomic E-state index is -0.792. The summed E-state index contributed by atoms with van der Waals surface area (Å²) in [4.78, 5) is 33.7. The molecule has 130 valence electrons. The minimum Gasteiger partial charge on any atom is -0.370 e. The summed E-state index contributed by atoms with van der Waals surface area (Å²) >= 11 is 0. The third kappa shape index (κ3) is 4.70. The maximum absolute atomic E-state index is 12.1. The van der Waals surface area contributed by atoms with Gasteiger partial charge < -0.3 is 15.0 Å². The number of nitro groups is 2. The number of benzene rings is 1. The van der Waals surface area contributed by atoms with Crippen molar-refractivity contribution >= 4 is 17.3 Å². The molecule has 1 saturated heterocycles. The van der Waals surface area contributed by atoms with Gasteiger partial charge in [0, 0.05) is 19.0 Å². The number of ether oxygens (including phenoxy) is 1. The van der Waals surface area contributed by atoms with Crippen molar-refractivity contribution in [2.75, 3.05) is 39.4 Å². The molecule has 1 aromatic carbocycles. The molecule has 1 aliphatic rings. The molecule has 0 radical (unpaired) electrons. The van der Waals surface area contributed by atoms with Crippen molar-refractivity contribution in [1.82, 2.24) is 5.32 Å². The van der Waals surface area contributed by atoms with Gasteiger partial charge in [0.15, 0.2) is 0 Å². The number of morpholine rings is 1. The van der Waals surface area contributed by atoms with E-state index in [0.29, 0.717) is 6.54 Å². The summed E-state index contributed by atoms with van der Waals surface area (Å²) < 4.78 is 5.26. The monoisotopic (exact) mass is 339 g/mol. The number of rotatable bonds is 7. The molecule has 0 atom stereocenters. The zero-order valence-corrected chi connectivity index (χ0v) is 13.0. The first-order chi connectivity index (χ1) is 11.5. The van der Waals surface area contributed by atoms with Gasteiger partial charge in [0.1, 0.15) is 18.7 Å². The molecule has 1 aromatic rings. The highest BCUT2D eigenvalue weighted by atomic mass is 16.6. The molecule has 24 heavy (non-hydrogen) atoms. The van der Waals surface area contributed by atoms with E-state index in [2.05, 4.69) is 5.32 Å². The van der Waals surface area contributed by atoms with Gasteiger partial charge in [-0.1, -0.05) is 0 Å². The number of amides is 1. The predicted molar refractivity (Wildman–Crippen MR) is 83.1 cm³/mol. The van der Waals surface area contributed by atoms with Gasteiger partial charge in [0.2, 0.25) is 0 Å². The average Bonchev–Trinajstić information content (AvgIpc) is 2.58. The Kier molecular flexibility index (Phi) is 6.15. The largest absolute Gasteiger partial charge is 0.370 e. The Hall–Kier alpha value is -2.59. The minimum absolute atomic E-state index is 0.177. The van der Waals surface area contributed by atoms with E-state index in [1.165, 1.54) is 4.90 Å². The fourth-order valence-corrected chi connectivity index (χ4v) is 2.52. The highest BCUT2D eigenvalue weighted by Crippen LogP contribution is 2.24. The zero-order chi connectivity index (χ0) is 17.5. The van der Waals surface area contributed by atoms with E-state index in [1.54, 1.807) is 0 Å². The van der Waals surface area contributed by atoms with Gasteiger partial charge in [-0.2, -0.15) is 0 Å². The number of hydrogen-bond donors (Lipinski definition) is 2. The molecular formula is C14H19N4O6+. The molecule has 0 unspecified atom stereocenters. The standard InChI is InChI=1S/C14H18N4O6/c19-14(15-4-1-5-16-6-8-24-9-7-16)12-3-2-11(17(20)21)10-13(12)18(22)23/h2-3,10H,1,4-9H2,(H,15,19)/p+1. The quantitative estimate of drug-likeness (QED) is 0.393. The molecule has 0 aromatic heterocycles. The van der Waals surface area contributed by atoms with E-state index >= 15 is 0 Å². The van der Waals surface area contributed by atoms with E-state index in [4.69, 9.17) is 4.74 Å². The first-order valence-electron chi connectivity index (χ1n) is 7.61. The van der Waals surface area contributed by atoms with Gasteiger partial charge >= 0.3 is 0 Å². The molecular weight excluding hydrogens is 320 g/mol. The van der Waals surface area contributed by atoms with Gasteiger partial charge in [-0.3, -0.25) is 25.0 Å². The second-order valence-electron chi connectivity index (χ2n) is 5.44. The zero-order valence-electron chi connectivity index (χ0n) is 13.0. The smallest absolute Gasteiger partial charge is 0.289 e. The Bertz CT molecular complexity index is 630. The van der Waals surface area contributed by atoms with Crippen LogP contribution < -0.4 is 10.2 Å². The molecule has 0 bridgehead atoms. The lowest BCUT2D eigenvalue weighted by Crippen LogP contribution is -3.14. The van der Waals surface area contributed by atoms with Gasteiger partial charge in [-0.15, -0.1) is 0 Å². The number of carbonyl (C=O) groups excluding carboxylic acids is 1. The van der Waals surface area contributed by atoms with E-state index in [9.17, 15) is 25.0 Å². The second-order valence-corrected chi connectivity index (χ2v) is 5.44. The van der Waals surface area contributed by atoms with Crippen LogP contribution in [0.3, 0.4) is 0 Å². The molecule has 1 fully saturated rings. The van der Waals surface area contributed by atoms with Crippen LogP contribution in [0.1, 0.15) is 16.8 Å². The maximum Gasteiger partial charge on any atom is 0.289 e. The summed E-state index contributed by atoms with van der Waals surface area (Å²) in [6.45, 7) is 4.60. The second kappa shape index (κ2) is 8.31. The number of nitrogens with one attached hydrogen (secondary N) is 2. The van der Waals surface area contributed by atoms with Crippen LogP contribution in [0.15, 0.2) is 18.2 Å². The van der Waals surface area contributed by atoms with Crippen LogP contribution in [0.4, 0.5) is 11.4 Å². The fourth-order valence-electron chi connectivity index (χ4n) is 2.52. The van der Waals surface area contributed by atoms with Crippen molar-refractivity contribution in [3.05, 3.63) is 44.0 Å². The Morgan fingerprint density at radius 3 is 2.54 bits per heavy atom. The number of hydrogen-bond acceptors (Lipinski definition) is 6. The third-order valence-corrected chi connectivity index (χ3v) is 3.83. The first kappa shape index (κ1) is 17.8. The number of nitrogens with zero attached hydrogens (tertiary/aromatic N) is 2. The molecule has 10 heteroatoms. The van der Waals surface area contributed by atoms with Crippen molar-refractivity contribution in [2.45, 2.75) is 6.42 Å². The molecule has 10 nitrogen and oxygen atoms in total. The van der Waals surface area contributed by atoms with Gasteiger partial charge in [-0.25, -0.2) is 0 Å². The topological polar surface area (TPSA) is 129 Å². The Balaban J connectivity index is 1.91. The van der Waals surface area contributed by atoms with E-state index in [-0.39, 0.29) is 5.56 Å². The van der Waals surface area contributed by atoms with Gasteiger partial charge in [0.25, 0.3) is 17.3 Å². The lowest BCUT2D eigenvalue weighted by Gasteiger charge is -2.23. The van der Waals surface area contributed by atoms with Crippen LogP contribution in [0, 0.1) is 20.2 Å². The molecule has 0 spiro atoms. The summed E-state index contributed by atoms with van der Waals surface area (Å²) in [5.41, 5.74) is -1.17. The Morgan fingerprint density at radius 2 is 1.92 bits per heavy atom. The summed E-state index contributed by atoms with van der Waals surface area (Å²) in [6.07, 6.45) is 0.738. The molecule has 1 heterocycles. The summed E-state index contributed by atoms with van der Waals surface area (Å²) in [5.74, 6) is -0.603. The van der Waals surface area contributed by atoms with Crippen molar-refractivity contribution in [3.63, 3.8) is 0 Å². The van der Waals surface area contributed by atoms with E-state index in [1.807, 2.05) is 0 Å². The number of carbonyl (C=O) groups is 1. The molecule has 1 aliphatic heterocycles. The molecule has 0 saturated carbocycles. The van der Waals surface area contributed by atoms with Crippen LogP contribution in [0.25, 0.3) is 0 Å². The van der Waals surface area contributed by atoms with Crippen molar-refractivity contribution in [1.29, 1.82) is 0 Å². The first-order valence-corrected chi connectivity index (χ1v) is 7.61. The molecule has 2 rings (SSSR count). The third-order valence-electron chi connectivity index (χ3n) is 3.83. The molecule has 0 aliphatic carbocycles. The highest BCUT2D eigenvalue weighted by Gasteiger charge is 2.24. The van der Waals surface area contributed by atoms with Gasteiger partial charge in [0.05, 0.1) is 35.7 Å². The summed E-state index contributed by atoms with van der Waals surface area (Å²) in [7, 11) is 0. The summed E-state index contributed by atoms with van der Waals surface area (Å²) in [6, 6.07) is 2.99. The van der Waals surface area contributed by atoms with E-state index < -0.39 is 27.1 Å². The van der Waals surface area contributed by atoms with Crippen LogP contribution >= 0.6 is 0 Å². The lowest BCUT2D eigenvalue weighted by atomic mass is 10.1. The molecule has 2 N–H and O–H groups in total. The van der Waals surface area contributed by atoms with Crippen molar-refractivity contribution in [2.24, 2.45) is 0 Å². The van der Waals surface area contributed by atoms with Gasteiger partial charge in [-0.05, 0) is 6.07 Å². The van der Waals surface area contributed by atoms with Crippen LogP contribution in [-0.2, 0) is 4.74 Å². The number of non-ortho nitro benzene ring substituents is 1. The van der Waals surface area contributed by atoms with E-state index in [0.717, 1.165) is 57.5 Å². The SMILES string of the molecule is O=C(NCCC[NH+]1CCOCC1)c1ccc([N+](=O)[O-])cc1[N+](=O)[O-]. The normalized spacial score (nSPS) is 15.0. The fraction of sp³-hybridized carbons (Fsp3) is 0.500. The van der Waals surface area contributed by atoms with Crippen LogP contribution in [0.2, 0.25) is 0 Å². The van der Waals surface area contributed by atoms with Crippen LogP contribution in [0.5, 0.6) is 0 Å². The van der Waals surface area contributed by atoms with Crippen LogP contribution in [-0.4, -0.2) is 55.1 Å². The summed E-state index contributed by atoms with van der Waals surface area (Å²) in [5, 5.41) is 24.3. The molecule has 1 amide bonds. The maximum atomic E-state index is 12.1. The highest BCUT2D eigenvalue weighted by molar-refractivity contribution is 5.98. The van der Waals surface area contributed by atoms with Crippen molar-refractivity contribution in [3.8, 4) is 0 Å². The average molecular weight is 339 g/mol. The predicted octanol–water partition coefficient (Wildman–Crippen LogP) is -0.462. The number of nitro benzene ring substituents is 2. The van der Waals surface area contributed by atoms with Crippen molar-refractivity contribution < 1.29 is 24.3 Å². The Morgan fingerprint density at radius 1 is 1.21 bits per heavy atom.